The maximum Gasteiger partial charge on any atom is 0.472 e. The zero-order valence-corrected chi connectivity index (χ0v) is 68.2. The summed E-state index contributed by atoms with van der Waals surface area (Å²) in [7, 11) is -9.79. The van der Waals surface area contributed by atoms with E-state index in [1.54, 1.807) is 0 Å². The normalized spacial score (nSPS) is 14.5. The van der Waals surface area contributed by atoms with Gasteiger partial charge in [0.15, 0.2) is 6.10 Å². The summed E-state index contributed by atoms with van der Waals surface area (Å²) in [5.41, 5.74) is 0. The topological polar surface area (TPSA) is 231 Å². The van der Waals surface area contributed by atoms with E-state index in [-0.39, 0.29) is 19.3 Å². The van der Waals surface area contributed by atoms with Gasteiger partial charge in [0.25, 0.3) is 0 Å². The number of aliphatic hydroxyl groups is 2. The first-order chi connectivity index (χ1) is 51.2. The first kappa shape index (κ1) is 101. The average molecular weight is 1520 g/mol. The molecule has 0 saturated heterocycles. The van der Waals surface area contributed by atoms with Gasteiger partial charge in [-0.2, -0.15) is 0 Å². The van der Waals surface area contributed by atoms with Crippen LogP contribution in [-0.4, -0.2) is 95.9 Å². The highest BCUT2D eigenvalue weighted by Gasteiger charge is 2.29. The molecule has 0 fully saturated rings. The van der Waals surface area contributed by atoms with Crippen LogP contribution in [-0.2, 0) is 55.8 Å². The van der Waals surface area contributed by atoms with Crippen LogP contribution in [0.5, 0.6) is 0 Å². The fraction of sp³-hybridized carbons (Fsp3) is 0.736. The van der Waals surface area contributed by atoms with Gasteiger partial charge in [0.1, 0.15) is 25.4 Å². The molecule has 0 heterocycles. The number of hydrogen-bond acceptors (Lipinski definition) is 14. The van der Waals surface area contributed by atoms with Crippen molar-refractivity contribution in [3.8, 4) is 0 Å². The van der Waals surface area contributed by atoms with Gasteiger partial charge in [0, 0.05) is 19.3 Å². The summed E-state index contributed by atoms with van der Waals surface area (Å²) in [5.74, 6) is -1.57. The van der Waals surface area contributed by atoms with Crippen molar-refractivity contribution in [2.75, 3.05) is 39.6 Å². The minimum atomic E-state index is -4.93. The first-order valence-electron chi connectivity index (χ1n) is 41.8. The number of unbranched alkanes of at least 4 members (excludes halogenated alkanes) is 36. The number of carbonyl (C=O) groups excluding carboxylic acids is 3. The Labute approximate surface area is 640 Å². The predicted octanol–water partition coefficient (Wildman–Crippen LogP) is 24.9. The second kappa shape index (κ2) is 79.5. The molecule has 0 saturated carbocycles. The summed E-state index contributed by atoms with van der Waals surface area (Å²) in [4.78, 5) is 58.8. The molecule has 0 aromatic heterocycles. The fourth-order valence-electron chi connectivity index (χ4n) is 11.4. The lowest BCUT2D eigenvalue weighted by atomic mass is 10.0. The van der Waals surface area contributed by atoms with E-state index < -0.39 is 91.5 Å². The Morgan fingerprint density at radius 2 is 0.505 bits per heavy atom. The van der Waals surface area contributed by atoms with Gasteiger partial charge >= 0.3 is 33.6 Å². The van der Waals surface area contributed by atoms with Crippen molar-refractivity contribution in [1.82, 2.24) is 0 Å². The van der Waals surface area contributed by atoms with E-state index >= 15 is 0 Å². The van der Waals surface area contributed by atoms with Crippen molar-refractivity contribution in [1.29, 1.82) is 0 Å². The Balaban J connectivity index is 4.54. The second-order valence-electron chi connectivity index (χ2n) is 27.9. The van der Waals surface area contributed by atoms with Gasteiger partial charge in [-0.25, -0.2) is 9.13 Å². The first-order valence-corrected chi connectivity index (χ1v) is 44.8. The summed E-state index contributed by atoms with van der Waals surface area (Å²) in [6.45, 7) is 2.50. The minimum absolute atomic E-state index is 0.107. The molecular weight excluding hydrogens is 1360 g/mol. The molecule has 0 aliphatic carbocycles. The van der Waals surface area contributed by atoms with Gasteiger partial charge in [-0.1, -0.05) is 348 Å². The van der Waals surface area contributed by atoms with Crippen molar-refractivity contribution in [3.05, 3.63) is 122 Å². The molecule has 5 unspecified atom stereocenters. The van der Waals surface area contributed by atoms with Gasteiger partial charge < -0.3 is 34.2 Å². The SMILES string of the molecule is CC/C=C\C/C=C\C/C=C\C/C=C\C/C=C\CCCCCCCCCCCCCC(=O)OCC(O)COP(=O)(O)OCC(O)COP(=O)(O)OCC(COC(=O)CCCCCCCCCCCCC/C=C\C/C=C\C/C=C\C/C=C\C/C=C\CC)OC(=O)CCCCCCCCCCCCCCCCC. The lowest BCUT2D eigenvalue weighted by Crippen LogP contribution is -2.30. The zero-order valence-electron chi connectivity index (χ0n) is 66.4. The fourth-order valence-corrected chi connectivity index (χ4v) is 13.0. The Bertz CT molecular complexity index is 2390. The van der Waals surface area contributed by atoms with Crippen LogP contribution >= 0.6 is 15.6 Å². The molecule has 0 bridgehead atoms. The molecule has 4 N–H and O–H groups in total. The molecule has 16 nitrogen and oxygen atoms in total. The van der Waals surface area contributed by atoms with Gasteiger partial charge in [-0.3, -0.25) is 32.5 Å². The third-order valence-corrected chi connectivity index (χ3v) is 19.6. The van der Waals surface area contributed by atoms with Crippen LogP contribution in [0, 0.1) is 0 Å². The van der Waals surface area contributed by atoms with E-state index in [0.29, 0.717) is 19.3 Å². The van der Waals surface area contributed by atoms with Crippen LogP contribution < -0.4 is 0 Å². The molecule has 0 amide bonds. The highest BCUT2D eigenvalue weighted by atomic mass is 31.2. The molecule has 0 rings (SSSR count). The van der Waals surface area contributed by atoms with E-state index in [4.69, 9.17) is 32.3 Å². The molecule has 5 atom stereocenters. The molecule has 0 aliphatic rings. The van der Waals surface area contributed by atoms with Crippen LogP contribution in [0.25, 0.3) is 0 Å². The number of allylic oxidation sites excluding steroid dienone is 20. The van der Waals surface area contributed by atoms with Crippen molar-refractivity contribution < 1.29 is 75.8 Å². The van der Waals surface area contributed by atoms with Crippen molar-refractivity contribution in [2.24, 2.45) is 0 Å². The molecule has 18 heteroatoms. The largest absolute Gasteiger partial charge is 0.472 e. The zero-order chi connectivity index (χ0) is 76.6. The van der Waals surface area contributed by atoms with Crippen molar-refractivity contribution in [3.63, 3.8) is 0 Å². The third-order valence-electron chi connectivity index (χ3n) is 17.7. The van der Waals surface area contributed by atoms with Crippen LogP contribution in [0.15, 0.2) is 122 Å². The molecule has 606 valence electrons. The summed E-state index contributed by atoms with van der Waals surface area (Å²) in [6, 6.07) is 0. The summed E-state index contributed by atoms with van der Waals surface area (Å²) in [6.07, 6.45) is 95.2. The van der Waals surface area contributed by atoms with Crippen LogP contribution in [0.1, 0.15) is 355 Å². The number of aliphatic hydroxyl groups excluding tert-OH is 2. The molecule has 0 radical (unpaired) electrons. The van der Waals surface area contributed by atoms with E-state index in [1.165, 1.54) is 148 Å². The summed E-state index contributed by atoms with van der Waals surface area (Å²) < 4.78 is 61.3. The van der Waals surface area contributed by atoms with Crippen LogP contribution in [0.4, 0.5) is 0 Å². The second-order valence-corrected chi connectivity index (χ2v) is 30.8. The number of hydrogen-bond donors (Lipinski definition) is 4. The van der Waals surface area contributed by atoms with Crippen LogP contribution in [0.3, 0.4) is 0 Å². The Morgan fingerprint density at radius 3 is 0.800 bits per heavy atom. The molecule has 0 aromatic carbocycles. The van der Waals surface area contributed by atoms with Gasteiger partial charge in [-0.15, -0.1) is 0 Å². The Kier molecular flexibility index (Phi) is 76.4. The number of phosphoric acid groups is 2. The van der Waals surface area contributed by atoms with Crippen molar-refractivity contribution >= 4 is 33.6 Å². The van der Waals surface area contributed by atoms with Gasteiger partial charge in [0.2, 0.25) is 0 Å². The average Bonchev–Trinajstić information content (AvgIpc) is 0.942. The smallest absolute Gasteiger partial charge is 0.463 e. The standard InChI is InChI=1S/C87H152O16P2/c1-4-7-10-13-16-19-22-25-28-30-32-34-36-38-40-42-44-46-48-50-53-55-58-61-64-67-70-73-85(90)97-76-82(88)77-99-104(93,94)100-78-83(89)79-101-105(95,96)102-81-84(103-87(92)75-72-69-66-63-60-57-52-27-24-21-18-15-12-9-6-3)80-98-86(91)74-71-68-65-62-59-56-54-51-49-47-45-43-41-39-37-35-33-31-29-26-23-20-17-14-11-8-5-2/h7-8,10-11,16-17,19-20,25-26,28-29,32-35,38-41,82-84,88-89H,4-6,9,12-15,18,21-24,27,30-31,36-37,42-81H2,1-3H3,(H,93,94)(H,95,96)/b10-7-,11-8-,19-16-,20-17-,28-25-,29-26-,34-32-,35-33-,40-38-,41-39-. The highest BCUT2D eigenvalue weighted by molar-refractivity contribution is 7.47. The minimum Gasteiger partial charge on any atom is -0.463 e. The predicted molar refractivity (Wildman–Crippen MR) is 436 cm³/mol. The Morgan fingerprint density at radius 1 is 0.276 bits per heavy atom. The number of esters is 3. The van der Waals surface area contributed by atoms with Crippen LogP contribution in [0.2, 0.25) is 0 Å². The van der Waals surface area contributed by atoms with Crippen molar-refractivity contribution in [2.45, 2.75) is 373 Å². The Hall–Kier alpha value is -4.05. The van der Waals surface area contributed by atoms with Gasteiger partial charge in [0.05, 0.1) is 26.4 Å². The lowest BCUT2D eigenvalue weighted by Gasteiger charge is -2.21. The van der Waals surface area contributed by atoms with E-state index in [2.05, 4.69) is 142 Å². The maximum atomic E-state index is 13.0. The molecular formula is C87H152O16P2. The van der Waals surface area contributed by atoms with E-state index in [1.807, 2.05) is 0 Å². The number of carbonyl (C=O) groups is 3. The molecule has 0 spiro atoms. The quantitative estimate of drug-likeness (QED) is 0.0146. The monoisotopic (exact) mass is 1520 g/mol. The third kappa shape index (κ3) is 80.8. The molecule has 105 heavy (non-hydrogen) atoms. The highest BCUT2D eigenvalue weighted by Crippen LogP contribution is 2.45. The summed E-state index contributed by atoms with van der Waals surface area (Å²) in [5, 5.41) is 20.7. The van der Waals surface area contributed by atoms with E-state index in [0.717, 1.165) is 148 Å². The number of phosphoric ester groups is 2. The van der Waals surface area contributed by atoms with Gasteiger partial charge in [-0.05, 0) is 109 Å². The molecule has 0 aliphatic heterocycles. The molecule has 0 aromatic rings. The maximum absolute atomic E-state index is 13.0. The van der Waals surface area contributed by atoms with E-state index in [9.17, 15) is 43.5 Å². The number of ether oxygens (including phenoxy) is 3. The number of rotatable bonds is 79. The lowest BCUT2D eigenvalue weighted by molar-refractivity contribution is -0.161. The summed E-state index contributed by atoms with van der Waals surface area (Å²) >= 11 is 0.